The molecule has 0 atom stereocenters. The maximum atomic E-state index is 5.19. The predicted molar refractivity (Wildman–Crippen MR) is 59.7 cm³/mol. The molecule has 0 spiro atoms. The Kier molecular flexibility index (Phi) is 2.91. The molecule has 0 aromatic heterocycles. The van der Waals surface area contributed by atoms with E-state index in [1.165, 1.54) is 5.56 Å². The standard InChI is InChI=1S/C11H16OS/c1-8-7-9(11(2,3)13)5-6-10(8)12-4/h5-7,13H,1-4H3. The highest BCUT2D eigenvalue weighted by Crippen LogP contribution is 2.30. The molecule has 0 aliphatic heterocycles. The predicted octanol–water partition coefficient (Wildman–Crippen LogP) is 3.17. The second-order valence-corrected chi connectivity index (χ2v) is 4.86. The minimum absolute atomic E-state index is 0.0863. The molecule has 2 heteroatoms. The van der Waals surface area contributed by atoms with Gasteiger partial charge in [0.05, 0.1) is 7.11 Å². The SMILES string of the molecule is COc1ccc(C(C)(C)S)cc1C. The van der Waals surface area contributed by atoms with Gasteiger partial charge in [-0.25, -0.2) is 0 Å². The van der Waals surface area contributed by atoms with Gasteiger partial charge < -0.3 is 4.74 Å². The molecule has 0 heterocycles. The highest BCUT2D eigenvalue weighted by Gasteiger charge is 2.15. The summed E-state index contributed by atoms with van der Waals surface area (Å²) < 4.78 is 5.10. The Morgan fingerprint density at radius 1 is 1.31 bits per heavy atom. The summed E-state index contributed by atoms with van der Waals surface area (Å²) in [5.74, 6) is 0.932. The zero-order valence-electron chi connectivity index (χ0n) is 8.59. The van der Waals surface area contributed by atoms with Crippen molar-refractivity contribution in [3.05, 3.63) is 29.3 Å². The van der Waals surface area contributed by atoms with Crippen LogP contribution in [0.1, 0.15) is 25.0 Å². The van der Waals surface area contributed by atoms with Crippen LogP contribution < -0.4 is 4.74 Å². The van der Waals surface area contributed by atoms with Crippen LogP contribution in [0.25, 0.3) is 0 Å². The number of ether oxygens (including phenoxy) is 1. The van der Waals surface area contributed by atoms with Gasteiger partial charge in [0.1, 0.15) is 5.75 Å². The van der Waals surface area contributed by atoms with Crippen LogP contribution in [0.3, 0.4) is 0 Å². The lowest BCUT2D eigenvalue weighted by atomic mass is 10.00. The van der Waals surface area contributed by atoms with E-state index in [1.807, 2.05) is 13.0 Å². The lowest BCUT2D eigenvalue weighted by Gasteiger charge is -2.19. The van der Waals surface area contributed by atoms with E-state index in [0.29, 0.717) is 0 Å². The third-order valence-corrected chi connectivity index (χ3v) is 2.36. The molecule has 72 valence electrons. The van der Waals surface area contributed by atoms with Crippen molar-refractivity contribution in [3.63, 3.8) is 0 Å². The average Bonchev–Trinajstić information content (AvgIpc) is 2.02. The maximum Gasteiger partial charge on any atom is 0.121 e. The van der Waals surface area contributed by atoms with E-state index in [4.69, 9.17) is 4.74 Å². The molecule has 13 heavy (non-hydrogen) atoms. The second-order valence-electron chi connectivity index (χ2n) is 3.74. The first-order valence-electron chi connectivity index (χ1n) is 4.32. The van der Waals surface area contributed by atoms with Crippen molar-refractivity contribution in [2.24, 2.45) is 0 Å². The molecule has 0 saturated heterocycles. The van der Waals surface area contributed by atoms with Crippen molar-refractivity contribution < 1.29 is 4.74 Å². The van der Waals surface area contributed by atoms with E-state index < -0.39 is 0 Å². The highest BCUT2D eigenvalue weighted by atomic mass is 32.1. The minimum Gasteiger partial charge on any atom is -0.496 e. The zero-order chi connectivity index (χ0) is 10.1. The van der Waals surface area contributed by atoms with Crippen molar-refractivity contribution >= 4 is 12.6 Å². The summed E-state index contributed by atoms with van der Waals surface area (Å²) in [6, 6.07) is 6.16. The molecule has 1 aromatic carbocycles. The summed E-state index contributed by atoms with van der Waals surface area (Å²) in [6.07, 6.45) is 0. The van der Waals surface area contributed by atoms with E-state index >= 15 is 0 Å². The first kappa shape index (κ1) is 10.5. The molecule has 0 bridgehead atoms. The average molecular weight is 196 g/mol. The number of benzene rings is 1. The van der Waals surface area contributed by atoms with E-state index in [-0.39, 0.29) is 4.75 Å². The summed E-state index contributed by atoms with van der Waals surface area (Å²) in [7, 11) is 1.69. The van der Waals surface area contributed by atoms with E-state index in [0.717, 1.165) is 11.3 Å². The Morgan fingerprint density at radius 3 is 2.31 bits per heavy atom. The van der Waals surface area contributed by atoms with Crippen LogP contribution in [0.4, 0.5) is 0 Å². The van der Waals surface area contributed by atoms with Crippen LogP contribution in [0.15, 0.2) is 18.2 Å². The van der Waals surface area contributed by atoms with Gasteiger partial charge in [-0.05, 0) is 38.0 Å². The molecular weight excluding hydrogens is 180 g/mol. The number of hydrogen-bond donors (Lipinski definition) is 1. The second kappa shape index (κ2) is 3.62. The monoisotopic (exact) mass is 196 g/mol. The molecular formula is C11H16OS. The fourth-order valence-electron chi connectivity index (χ4n) is 1.26. The molecule has 0 aliphatic rings. The first-order valence-corrected chi connectivity index (χ1v) is 4.77. The summed E-state index contributed by atoms with van der Waals surface area (Å²) >= 11 is 4.51. The number of aryl methyl sites for hydroxylation is 1. The Morgan fingerprint density at radius 2 is 1.92 bits per heavy atom. The van der Waals surface area contributed by atoms with E-state index in [1.54, 1.807) is 7.11 Å². The quantitative estimate of drug-likeness (QED) is 0.715. The summed E-state index contributed by atoms with van der Waals surface area (Å²) in [4.78, 5) is 0. The Labute approximate surface area is 85.5 Å². The number of thiol groups is 1. The molecule has 1 aromatic rings. The van der Waals surface area contributed by atoms with Crippen molar-refractivity contribution in [1.82, 2.24) is 0 Å². The fraction of sp³-hybridized carbons (Fsp3) is 0.455. The van der Waals surface area contributed by atoms with Crippen LogP contribution in [0.5, 0.6) is 5.75 Å². The largest absolute Gasteiger partial charge is 0.496 e. The third kappa shape index (κ3) is 2.41. The van der Waals surface area contributed by atoms with E-state index in [9.17, 15) is 0 Å². The van der Waals surface area contributed by atoms with Crippen molar-refractivity contribution in [1.29, 1.82) is 0 Å². The molecule has 1 nitrogen and oxygen atoms in total. The lowest BCUT2D eigenvalue weighted by molar-refractivity contribution is 0.411. The van der Waals surface area contributed by atoms with Crippen LogP contribution in [-0.4, -0.2) is 7.11 Å². The smallest absolute Gasteiger partial charge is 0.121 e. The zero-order valence-corrected chi connectivity index (χ0v) is 9.48. The van der Waals surface area contributed by atoms with Crippen LogP contribution in [0, 0.1) is 6.92 Å². The van der Waals surface area contributed by atoms with E-state index in [2.05, 4.69) is 38.6 Å². The molecule has 0 aliphatic carbocycles. The first-order chi connectivity index (χ1) is 5.95. The Bertz CT molecular complexity index is 299. The van der Waals surface area contributed by atoms with Crippen molar-refractivity contribution in [3.8, 4) is 5.75 Å². The molecule has 0 radical (unpaired) electrons. The highest BCUT2D eigenvalue weighted by molar-refractivity contribution is 7.81. The van der Waals surface area contributed by atoms with Gasteiger partial charge in [-0.3, -0.25) is 0 Å². The molecule has 0 N–H and O–H groups in total. The Hall–Kier alpha value is -0.630. The van der Waals surface area contributed by atoms with Gasteiger partial charge in [0.2, 0.25) is 0 Å². The van der Waals surface area contributed by atoms with Gasteiger partial charge in [0, 0.05) is 4.75 Å². The van der Waals surface area contributed by atoms with Crippen molar-refractivity contribution in [2.45, 2.75) is 25.5 Å². The molecule has 0 saturated carbocycles. The van der Waals surface area contributed by atoms with Crippen molar-refractivity contribution in [2.75, 3.05) is 7.11 Å². The molecule has 0 unspecified atom stereocenters. The molecule has 1 rings (SSSR count). The normalized spacial score (nSPS) is 11.5. The van der Waals surface area contributed by atoms with Crippen LogP contribution >= 0.6 is 12.6 Å². The van der Waals surface area contributed by atoms with Crippen LogP contribution in [0.2, 0.25) is 0 Å². The lowest BCUT2D eigenvalue weighted by Crippen LogP contribution is -2.07. The minimum atomic E-state index is -0.0863. The van der Waals surface area contributed by atoms with Crippen LogP contribution in [-0.2, 0) is 4.75 Å². The summed E-state index contributed by atoms with van der Waals surface area (Å²) in [5, 5.41) is 0. The Balaban J connectivity index is 3.10. The van der Waals surface area contributed by atoms with Gasteiger partial charge in [0.15, 0.2) is 0 Å². The van der Waals surface area contributed by atoms with Gasteiger partial charge in [-0.2, -0.15) is 12.6 Å². The molecule has 0 amide bonds. The third-order valence-electron chi connectivity index (χ3n) is 2.10. The number of rotatable bonds is 2. The van der Waals surface area contributed by atoms with Gasteiger partial charge in [-0.1, -0.05) is 12.1 Å². The van der Waals surface area contributed by atoms with Gasteiger partial charge >= 0.3 is 0 Å². The van der Waals surface area contributed by atoms with Gasteiger partial charge in [0.25, 0.3) is 0 Å². The number of methoxy groups -OCH3 is 1. The summed E-state index contributed by atoms with van der Waals surface area (Å²) in [5.41, 5.74) is 2.37. The fourth-order valence-corrected chi connectivity index (χ4v) is 1.40. The molecule has 0 fully saturated rings. The van der Waals surface area contributed by atoms with Gasteiger partial charge in [-0.15, -0.1) is 0 Å². The summed E-state index contributed by atoms with van der Waals surface area (Å²) in [6.45, 7) is 6.20. The maximum absolute atomic E-state index is 5.19. The topological polar surface area (TPSA) is 9.23 Å². The number of hydrogen-bond acceptors (Lipinski definition) is 2.